The van der Waals surface area contributed by atoms with Crippen molar-refractivity contribution < 1.29 is 18.9 Å². The SMILES string of the molecule is C[C@@H]1CCc2c(sc(NC(=O)/C(C#N)=C/c3ccc(-c4ccc(Cl)c([N+](=O)[O-])c4)o3)c2C(N)=O)C1. The lowest BCUT2D eigenvalue weighted by Crippen LogP contribution is -2.19. The van der Waals surface area contributed by atoms with Crippen molar-refractivity contribution in [3.63, 3.8) is 0 Å². The Morgan fingerprint density at radius 3 is 2.83 bits per heavy atom. The Labute approximate surface area is 208 Å². The van der Waals surface area contributed by atoms with Crippen molar-refractivity contribution in [1.82, 2.24) is 0 Å². The molecule has 3 aromatic rings. The molecule has 35 heavy (non-hydrogen) atoms. The predicted molar refractivity (Wildman–Crippen MR) is 132 cm³/mol. The molecule has 11 heteroatoms. The summed E-state index contributed by atoms with van der Waals surface area (Å²) in [5, 5.41) is 23.7. The van der Waals surface area contributed by atoms with E-state index in [1.165, 1.54) is 35.6 Å². The fraction of sp³-hybridized carbons (Fsp3) is 0.208. The van der Waals surface area contributed by atoms with Gasteiger partial charge in [-0.1, -0.05) is 18.5 Å². The average Bonchev–Trinajstić information content (AvgIpc) is 3.41. The molecule has 2 heterocycles. The van der Waals surface area contributed by atoms with Crippen LogP contribution in [0.5, 0.6) is 0 Å². The maximum atomic E-state index is 12.9. The number of benzene rings is 1. The van der Waals surface area contributed by atoms with Gasteiger partial charge in [-0.05, 0) is 55.0 Å². The van der Waals surface area contributed by atoms with E-state index in [1.807, 2.05) is 6.07 Å². The number of primary amides is 1. The lowest BCUT2D eigenvalue weighted by molar-refractivity contribution is -0.384. The fourth-order valence-electron chi connectivity index (χ4n) is 3.95. The number of nitrogens with zero attached hydrogens (tertiary/aromatic N) is 2. The van der Waals surface area contributed by atoms with Gasteiger partial charge in [0, 0.05) is 22.6 Å². The largest absolute Gasteiger partial charge is 0.457 e. The van der Waals surface area contributed by atoms with E-state index in [1.54, 1.807) is 12.1 Å². The van der Waals surface area contributed by atoms with Crippen LogP contribution < -0.4 is 11.1 Å². The molecular formula is C24H19ClN4O5S. The zero-order valence-electron chi connectivity index (χ0n) is 18.5. The number of nitriles is 1. The number of hydrogen-bond donors (Lipinski definition) is 2. The van der Waals surface area contributed by atoms with Gasteiger partial charge in [-0.15, -0.1) is 11.3 Å². The number of rotatable bonds is 6. The Hall–Kier alpha value is -3.94. The highest BCUT2D eigenvalue weighted by atomic mass is 35.5. The third-order valence-electron chi connectivity index (χ3n) is 5.69. The number of hydrogen-bond acceptors (Lipinski definition) is 7. The summed E-state index contributed by atoms with van der Waals surface area (Å²) < 4.78 is 5.67. The number of carbonyl (C=O) groups is 2. The second kappa shape index (κ2) is 9.74. The van der Waals surface area contributed by atoms with E-state index in [9.17, 15) is 25.0 Å². The summed E-state index contributed by atoms with van der Waals surface area (Å²) in [6.45, 7) is 2.13. The van der Waals surface area contributed by atoms with Crippen LogP contribution >= 0.6 is 22.9 Å². The zero-order valence-corrected chi connectivity index (χ0v) is 20.0. The maximum Gasteiger partial charge on any atom is 0.288 e. The molecule has 3 N–H and O–H groups in total. The molecule has 0 spiro atoms. The van der Waals surface area contributed by atoms with E-state index < -0.39 is 16.7 Å². The first-order chi connectivity index (χ1) is 16.7. The van der Waals surface area contributed by atoms with Gasteiger partial charge >= 0.3 is 0 Å². The minimum absolute atomic E-state index is 0.00564. The molecule has 2 aromatic heterocycles. The van der Waals surface area contributed by atoms with Crippen LogP contribution in [-0.4, -0.2) is 16.7 Å². The van der Waals surface area contributed by atoms with Crippen LogP contribution in [0.15, 0.2) is 40.3 Å². The van der Waals surface area contributed by atoms with Crippen molar-refractivity contribution in [1.29, 1.82) is 5.26 Å². The minimum atomic E-state index is -0.707. The number of nitro groups is 1. The fourth-order valence-corrected chi connectivity index (χ4v) is 5.55. The predicted octanol–water partition coefficient (Wildman–Crippen LogP) is 5.34. The van der Waals surface area contributed by atoms with Gasteiger partial charge < -0.3 is 15.5 Å². The molecule has 1 atom stereocenters. The van der Waals surface area contributed by atoms with Crippen LogP contribution in [0.3, 0.4) is 0 Å². The van der Waals surface area contributed by atoms with Gasteiger partial charge in [0.2, 0.25) is 0 Å². The Morgan fingerprint density at radius 1 is 1.37 bits per heavy atom. The number of nitrogens with two attached hydrogens (primary N) is 1. The molecule has 1 aliphatic rings. The number of amides is 2. The Balaban J connectivity index is 1.59. The minimum Gasteiger partial charge on any atom is -0.457 e. The smallest absolute Gasteiger partial charge is 0.288 e. The van der Waals surface area contributed by atoms with E-state index in [0.717, 1.165) is 23.3 Å². The molecule has 0 saturated carbocycles. The van der Waals surface area contributed by atoms with E-state index in [-0.39, 0.29) is 22.0 Å². The number of nitro benzene ring substituents is 1. The standard InChI is InChI=1S/C24H19ClN4O5S/c1-12-2-5-16-20(8-12)35-24(21(16)22(27)30)28-23(31)14(11-26)9-15-4-7-19(34-15)13-3-6-17(25)18(10-13)29(32)33/h3-4,6-7,9-10,12H,2,5,8H2,1H3,(H2,27,30)(H,28,31)/b14-9+/t12-/m1/s1. The van der Waals surface area contributed by atoms with E-state index in [0.29, 0.717) is 34.2 Å². The van der Waals surface area contributed by atoms with Gasteiger partial charge in [0.1, 0.15) is 33.2 Å². The van der Waals surface area contributed by atoms with Crippen LogP contribution in [0.25, 0.3) is 17.4 Å². The second-order valence-electron chi connectivity index (χ2n) is 8.17. The third-order valence-corrected chi connectivity index (χ3v) is 7.18. The molecule has 0 saturated heterocycles. The van der Waals surface area contributed by atoms with Crippen LogP contribution in [-0.2, 0) is 17.6 Å². The lowest BCUT2D eigenvalue weighted by Gasteiger charge is -2.18. The summed E-state index contributed by atoms with van der Waals surface area (Å²) in [6.07, 6.45) is 3.69. The number of halogens is 1. The van der Waals surface area contributed by atoms with Crippen molar-refractivity contribution in [3.05, 3.63) is 72.8 Å². The maximum absolute atomic E-state index is 12.9. The second-order valence-corrected chi connectivity index (χ2v) is 9.68. The molecule has 1 aromatic carbocycles. The quantitative estimate of drug-likeness (QED) is 0.197. The number of fused-ring (bicyclic) bond motifs is 1. The van der Waals surface area contributed by atoms with Gasteiger partial charge in [0.05, 0.1) is 10.5 Å². The van der Waals surface area contributed by atoms with Crippen molar-refractivity contribution in [3.8, 4) is 17.4 Å². The molecule has 0 radical (unpaired) electrons. The van der Waals surface area contributed by atoms with Crippen molar-refractivity contribution >= 4 is 51.5 Å². The van der Waals surface area contributed by atoms with E-state index in [2.05, 4.69) is 12.2 Å². The molecule has 178 valence electrons. The number of anilines is 1. The van der Waals surface area contributed by atoms with Gasteiger partial charge in [-0.25, -0.2) is 0 Å². The lowest BCUT2D eigenvalue weighted by atomic mass is 9.88. The molecule has 2 amide bonds. The molecule has 0 aliphatic heterocycles. The molecule has 0 unspecified atom stereocenters. The highest BCUT2D eigenvalue weighted by Gasteiger charge is 2.28. The molecule has 4 rings (SSSR count). The number of thiophene rings is 1. The first kappa shape index (κ1) is 24.2. The van der Waals surface area contributed by atoms with Crippen molar-refractivity contribution in [2.45, 2.75) is 26.2 Å². The topological polar surface area (TPSA) is 152 Å². The normalized spacial score (nSPS) is 15.2. The molecule has 9 nitrogen and oxygen atoms in total. The number of furan rings is 1. The van der Waals surface area contributed by atoms with Gasteiger partial charge in [-0.2, -0.15) is 5.26 Å². The van der Waals surface area contributed by atoms with Crippen LogP contribution in [0, 0.1) is 27.4 Å². The summed E-state index contributed by atoms with van der Waals surface area (Å²) in [5.41, 5.74) is 6.65. The third kappa shape index (κ3) is 4.96. The summed E-state index contributed by atoms with van der Waals surface area (Å²) in [6, 6.07) is 9.15. The van der Waals surface area contributed by atoms with Crippen LogP contribution in [0.2, 0.25) is 5.02 Å². The Morgan fingerprint density at radius 2 is 2.14 bits per heavy atom. The Kier molecular flexibility index (Phi) is 6.73. The van der Waals surface area contributed by atoms with Crippen molar-refractivity contribution in [2.24, 2.45) is 11.7 Å². The first-order valence-corrected chi connectivity index (χ1v) is 11.8. The Bertz CT molecular complexity index is 1430. The average molecular weight is 511 g/mol. The van der Waals surface area contributed by atoms with Gasteiger partial charge in [0.25, 0.3) is 17.5 Å². The van der Waals surface area contributed by atoms with Crippen LogP contribution in [0.1, 0.15) is 39.9 Å². The molecular weight excluding hydrogens is 492 g/mol. The van der Waals surface area contributed by atoms with Gasteiger partial charge in [0.15, 0.2) is 0 Å². The number of carbonyl (C=O) groups excluding carboxylic acids is 2. The molecule has 0 fully saturated rings. The first-order valence-electron chi connectivity index (χ1n) is 10.6. The molecule has 0 bridgehead atoms. The van der Waals surface area contributed by atoms with Gasteiger partial charge in [-0.3, -0.25) is 19.7 Å². The van der Waals surface area contributed by atoms with Crippen LogP contribution in [0.4, 0.5) is 10.7 Å². The molecule has 1 aliphatic carbocycles. The highest BCUT2D eigenvalue weighted by molar-refractivity contribution is 7.17. The summed E-state index contributed by atoms with van der Waals surface area (Å²) in [4.78, 5) is 36.5. The zero-order chi connectivity index (χ0) is 25.3. The summed E-state index contributed by atoms with van der Waals surface area (Å²) >= 11 is 7.16. The van der Waals surface area contributed by atoms with Crippen molar-refractivity contribution in [2.75, 3.05) is 5.32 Å². The number of nitrogens with one attached hydrogen (secondary N) is 1. The summed E-state index contributed by atoms with van der Waals surface area (Å²) in [5.74, 6) is -0.372. The highest BCUT2D eigenvalue weighted by Crippen LogP contribution is 2.39. The summed E-state index contributed by atoms with van der Waals surface area (Å²) in [7, 11) is 0. The monoisotopic (exact) mass is 510 g/mol. The van der Waals surface area contributed by atoms with E-state index in [4.69, 9.17) is 21.8 Å². The van der Waals surface area contributed by atoms with E-state index >= 15 is 0 Å².